The van der Waals surface area contributed by atoms with Crippen molar-refractivity contribution in [3.05, 3.63) is 72.1 Å². The van der Waals surface area contributed by atoms with Gasteiger partial charge in [0.1, 0.15) is 23.7 Å². The number of aromatic carboxylic acids is 1. The van der Waals surface area contributed by atoms with Crippen LogP contribution in [0.2, 0.25) is 0 Å². The first-order valence-electron chi connectivity index (χ1n) is 8.44. The van der Waals surface area contributed by atoms with E-state index in [0.29, 0.717) is 23.9 Å². The number of nitrogens with one attached hydrogen (secondary N) is 2. The molecule has 0 atom stereocenters. The van der Waals surface area contributed by atoms with Crippen molar-refractivity contribution in [1.82, 2.24) is 9.97 Å². The Kier molecular flexibility index (Phi) is 5.84. The molecular weight excluding hydrogens is 344 g/mol. The van der Waals surface area contributed by atoms with Gasteiger partial charge in [0.2, 0.25) is 0 Å². The van der Waals surface area contributed by atoms with Crippen LogP contribution in [0.1, 0.15) is 15.9 Å². The van der Waals surface area contributed by atoms with E-state index >= 15 is 0 Å². The molecule has 3 rings (SSSR count). The molecule has 0 saturated heterocycles. The summed E-state index contributed by atoms with van der Waals surface area (Å²) in [6, 6.07) is 16.2. The molecule has 0 saturated carbocycles. The molecule has 0 amide bonds. The molecule has 1 heterocycles. The fourth-order valence-corrected chi connectivity index (χ4v) is 2.63. The Morgan fingerprint density at radius 1 is 1.07 bits per heavy atom. The van der Waals surface area contributed by atoms with Gasteiger partial charge in [0.25, 0.3) is 0 Å². The first-order valence-corrected chi connectivity index (χ1v) is 8.44. The van der Waals surface area contributed by atoms with Gasteiger partial charge in [-0.05, 0) is 36.2 Å². The van der Waals surface area contributed by atoms with Crippen LogP contribution in [-0.4, -0.2) is 34.7 Å². The van der Waals surface area contributed by atoms with Crippen molar-refractivity contribution in [3.63, 3.8) is 0 Å². The van der Waals surface area contributed by atoms with E-state index in [9.17, 15) is 4.79 Å². The second-order valence-corrected chi connectivity index (χ2v) is 5.79. The second-order valence-electron chi connectivity index (χ2n) is 5.79. The quantitative estimate of drug-likeness (QED) is 0.562. The summed E-state index contributed by atoms with van der Waals surface area (Å²) in [5.74, 6) is 1.15. The molecule has 0 spiro atoms. The number of methoxy groups -OCH3 is 1. The summed E-state index contributed by atoms with van der Waals surface area (Å²) in [6.07, 6.45) is 2.24. The maximum atomic E-state index is 11.1. The molecule has 0 unspecified atom stereocenters. The normalized spacial score (nSPS) is 10.3. The maximum Gasteiger partial charge on any atom is 0.335 e. The molecule has 3 N–H and O–H groups in total. The topological polar surface area (TPSA) is 96.4 Å². The minimum Gasteiger partial charge on any atom is -0.496 e. The van der Waals surface area contributed by atoms with Crippen LogP contribution in [0.5, 0.6) is 5.75 Å². The monoisotopic (exact) mass is 364 g/mol. The fourth-order valence-electron chi connectivity index (χ4n) is 2.63. The van der Waals surface area contributed by atoms with E-state index in [1.54, 1.807) is 37.4 Å². The Bertz CT molecular complexity index is 930. The Morgan fingerprint density at radius 3 is 2.70 bits per heavy atom. The molecule has 138 valence electrons. The van der Waals surface area contributed by atoms with E-state index in [-0.39, 0.29) is 5.56 Å². The van der Waals surface area contributed by atoms with Gasteiger partial charge >= 0.3 is 5.97 Å². The average Bonchev–Trinajstić information content (AvgIpc) is 2.69. The largest absolute Gasteiger partial charge is 0.496 e. The lowest BCUT2D eigenvalue weighted by atomic mass is 10.1. The number of hydrogen-bond donors (Lipinski definition) is 3. The highest BCUT2D eigenvalue weighted by Gasteiger charge is 2.05. The zero-order valence-corrected chi connectivity index (χ0v) is 14.8. The number of hydrogen-bond acceptors (Lipinski definition) is 6. The second kappa shape index (κ2) is 8.66. The Labute approximate surface area is 157 Å². The zero-order valence-electron chi connectivity index (χ0n) is 14.8. The third-order valence-corrected chi connectivity index (χ3v) is 3.94. The number of nitrogens with zero attached hydrogens (tertiary/aromatic N) is 2. The Hall–Kier alpha value is -3.61. The van der Waals surface area contributed by atoms with Crippen LogP contribution in [0.15, 0.2) is 60.9 Å². The van der Waals surface area contributed by atoms with Crippen molar-refractivity contribution in [2.24, 2.45) is 0 Å². The van der Waals surface area contributed by atoms with Crippen molar-refractivity contribution in [3.8, 4) is 5.75 Å². The SMILES string of the molecule is COc1ccccc1CCNc1cc(Nc2cccc(C(=O)O)c2)ncn1. The summed E-state index contributed by atoms with van der Waals surface area (Å²) < 4.78 is 5.35. The number of carboxylic acid groups (broad SMARTS) is 1. The molecule has 2 aromatic carbocycles. The van der Waals surface area contributed by atoms with Crippen LogP contribution < -0.4 is 15.4 Å². The summed E-state index contributed by atoms with van der Waals surface area (Å²) in [7, 11) is 1.66. The minimum absolute atomic E-state index is 0.212. The van der Waals surface area contributed by atoms with E-state index in [4.69, 9.17) is 9.84 Å². The van der Waals surface area contributed by atoms with Crippen LogP contribution in [-0.2, 0) is 6.42 Å². The molecular formula is C20H20N4O3. The number of anilines is 3. The number of aromatic nitrogens is 2. The third-order valence-electron chi connectivity index (χ3n) is 3.94. The van der Waals surface area contributed by atoms with Crippen LogP contribution in [0.3, 0.4) is 0 Å². The lowest BCUT2D eigenvalue weighted by molar-refractivity contribution is 0.0697. The molecule has 7 heteroatoms. The van der Waals surface area contributed by atoms with E-state index in [1.165, 1.54) is 6.33 Å². The van der Waals surface area contributed by atoms with Gasteiger partial charge in [-0.25, -0.2) is 14.8 Å². The van der Waals surface area contributed by atoms with Gasteiger partial charge in [0.15, 0.2) is 0 Å². The molecule has 3 aromatic rings. The van der Waals surface area contributed by atoms with Gasteiger partial charge in [0.05, 0.1) is 12.7 Å². The molecule has 7 nitrogen and oxygen atoms in total. The van der Waals surface area contributed by atoms with Crippen LogP contribution in [0, 0.1) is 0 Å². The van der Waals surface area contributed by atoms with Crippen molar-refractivity contribution in [1.29, 1.82) is 0 Å². The number of carboxylic acids is 1. The third kappa shape index (κ3) is 4.94. The number of benzene rings is 2. The smallest absolute Gasteiger partial charge is 0.335 e. The van der Waals surface area contributed by atoms with Gasteiger partial charge in [-0.15, -0.1) is 0 Å². The van der Waals surface area contributed by atoms with Crippen molar-refractivity contribution in [2.75, 3.05) is 24.3 Å². The number of ether oxygens (including phenoxy) is 1. The van der Waals surface area contributed by atoms with Gasteiger partial charge in [-0.3, -0.25) is 0 Å². The number of rotatable bonds is 8. The first kappa shape index (κ1) is 18.2. The summed E-state index contributed by atoms with van der Waals surface area (Å²) in [4.78, 5) is 19.5. The van der Waals surface area contributed by atoms with Gasteiger partial charge in [-0.2, -0.15) is 0 Å². The highest BCUT2D eigenvalue weighted by atomic mass is 16.5. The standard InChI is InChI=1S/C20H20N4O3/c1-27-17-8-3-2-5-14(17)9-10-21-18-12-19(23-13-22-18)24-16-7-4-6-15(11-16)20(25)26/h2-8,11-13H,9-10H2,1H3,(H,25,26)(H2,21,22,23,24). The summed E-state index contributed by atoms with van der Waals surface area (Å²) in [5, 5.41) is 15.4. The molecule has 27 heavy (non-hydrogen) atoms. The molecule has 1 aromatic heterocycles. The summed E-state index contributed by atoms with van der Waals surface area (Å²) >= 11 is 0. The molecule has 0 aliphatic carbocycles. The van der Waals surface area contributed by atoms with Gasteiger partial charge in [-0.1, -0.05) is 24.3 Å². The summed E-state index contributed by atoms with van der Waals surface area (Å²) in [6.45, 7) is 0.686. The minimum atomic E-state index is -0.972. The van der Waals surface area contributed by atoms with E-state index < -0.39 is 5.97 Å². The predicted molar refractivity (Wildman–Crippen MR) is 104 cm³/mol. The fraction of sp³-hybridized carbons (Fsp3) is 0.150. The molecule has 0 aliphatic heterocycles. The van der Waals surface area contributed by atoms with Gasteiger partial charge in [0, 0.05) is 18.3 Å². The van der Waals surface area contributed by atoms with E-state index in [0.717, 1.165) is 17.7 Å². The average molecular weight is 364 g/mol. The molecule has 0 radical (unpaired) electrons. The highest BCUT2D eigenvalue weighted by molar-refractivity contribution is 5.89. The van der Waals surface area contributed by atoms with Crippen LogP contribution in [0.25, 0.3) is 0 Å². The van der Waals surface area contributed by atoms with Crippen LogP contribution >= 0.6 is 0 Å². The Morgan fingerprint density at radius 2 is 1.89 bits per heavy atom. The first-order chi connectivity index (χ1) is 13.2. The van der Waals surface area contributed by atoms with E-state index in [2.05, 4.69) is 20.6 Å². The highest BCUT2D eigenvalue weighted by Crippen LogP contribution is 2.19. The van der Waals surface area contributed by atoms with Crippen LogP contribution in [0.4, 0.5) is 17.3 Å². The molecule has 0 aliphatic rings. The molecule has 0 bridgehead atoms. The van der Waals surface area contributed by atoms with E-state index in [1.807, 2.05) is 24.3 Å². The predicted octanol–water partition coefficient (Wildman–Crippen LogP) is 3.58. The lowest BCUT2D eigenvalue weighted by Gasteiger charge is -2.10. The zero-order chi connectivity index (χ0) is 19.1. The maximum absolute atomic E-state index is 11.1. The van der Waals surface area contributed by atoms with Crippen molar-refractivity contribution in [2.45, 2.75) is 6.42 Å². The number of para-hydroxylation sites is 1. The molecule has 0 fully saturated rings. The number of carbonyl (C=O) groups is 1. The Balaban J connectivity index is 1.62. The van der Waals surface area contributed by atoms with Crippen molar-refractivity contribution < 1.29 is 14.6 Å². The van der Waals surface area contributed by atoms with Crippen molar-refractivity contribution >= 4 is 23.3 Å². The van der Waals surface area contributed by atoms with Gasteiger partial charge < -0.3 is 20.5 Å². The lowest BCUT2D eigenvalue weighted by Crippen LogP contribution is -2.08. The summed E-state index contributed by atoms with van der Waals surface area (Å²) in [5.41, 5.74) is 1.98.